The van der Waals surface area contributed by atoms with E-state index in [-0.39, 0.29) is 5.91 Å². The molecule has 0 aliphatic rings. The minimum atomic E-state index is -0.204. The van der Waals surface area contributed by atoms with Gasteiger partial charge < -0.3 is 14.8 Å². The Kier molecular flexibility index (Phi) is 6.14. The van der Waals surface area contributed by atoms with E-state index in [1.807, 2.05) is 32.0 Å². The lowest BCUT2D eigenvalue weighted by atomic mass is 10.1. The molecular weight excluding hydrogens is 302 g/mol. The number of carbonyl (C=O) groups is 1. The van der Waals surface area contributed by atoms with Crippen LogP contribution in [-0.2, 0) is 6.42 Å². The highest BCUT2D eigenvalue weighted by atomic mass is 32.1. The van der Waals surface area contributed by atoms with Crippen LogP contribution < -0.4 is 14.8 Å². The molecule has 2 aromatic rings. The number of nitrogens with one attached hydrogen (secondary N) is 1. The van der Waals surface area contributed by atoms with Gasteiger partial charge in [0.25, 0.3) is 5.91 Å². The molecule has 0 atom stereocenters. The molecule has 0 aliphatic heterocycles. The Morgan fingerprint density at radius 3 is 2.68 bits per heavy atom. The number of hydrogen-bond acceptors (Lipinski definition) is 6. The molecule has 1 aromatic carbocycles. The monoisotopic (exact) mass is 321 g/mol. The van der Waals surface area contributed by atoms with Crippen molar-refractivity contribution < 1.29 is 14.3 Å². The van der Waals surface area contributed by atoms with E-state index >= 15 is 0 Å². The predicted octanol–water partition coefficient (Wildman–Crippen LogP) is 2.31. The topological polar surface area (TPSA) is 73.3 Å². The van der Waals surface area contributed by atoms with Crippen LogP contribution in [0.25, 0.3) is 0 Å². The van der Waals surface area contributed by atoms with Gasteiger partial charge in [0.2, 0.25) is 0 Å². The van der Waals surface area contributed by atoms with Gasteiger partial charge in [-0.25, -0.2) is 0 Å². The van der Waals surface area contributed by atoms with Gasteiger partial charge in [0.05, 0.1) is 13.2 Å². The van der Waals surface area contributed by atoms with Gasteiger partial charge in [-0.1, -0.05) is 10.6 Å². The summed E-state index contributed by atoms with van der Waals surface area (Å²) in [5, 5.41) is 8.17. The SMILES string of the molecule is CCOc1ccc(CCNC(=O)c2csnn2)cc1OCC. The van der Waals surface area contributed by atoms with Gasteiger partial charge in [-0.15, -0.1) is 5.10 Å². The lowest BCUT2D eigenvalue weighted by Crippen LogP contribution is -2.26. The van der Waals surface area contributed by atoms with Gasteiger partial charge in [0, 0.05) is 11.9 Å². The van der Waals surface area contributed by atoms with Gasteiger partial charge in [-0.2, -0.15) is 0 Å². The summed E-state index contributed by atoms with van der Waals surface area (Å²) in [6.45, 7) is 5.57. The maximum Gasteiger partial charge on any atom is 0.272 e. The summed E-state index contributed by atoms with van der Waals surface area (Å²) < 4.78 is 14.8. The molecule has 0 unspecified atom stereocenters. The zero-order chi connectivity index (χ0) is 15.8. The van der Waals surface area contributed by atoms with Gasteiger partial charge in [-0.3, -0.25) is 4.79 Å². The van der Waals surface area contributed by atoms with Crippen LogP contribution >= 0.6 is 11.5 Å². The Balaban J connectivity index is 1.92. The van der Waals surface area contributed by atoms with Crippen molar-refractivity contribution in [2.75, 3.05) is 19.8 Å². The molecule has 1 aromatic heterocycles. The minimum Gasteiger partial charge on any atom is -0.490 e. The highest BCUT2D eigenvalue weighted by Gasteiger charge is 2.09. The molecule has 0 aliphatic carbocycles. The Morgan fingerprint density at radius 2 is 2.00 bits per heavy atom. The van der Waals surface area contributed by atoms with Crippen LogP contribution in [0.4, 0.5) is 0 Å². The number of hydrogen-bond donors (Lipinski definition) is 1. The summed E-state index contributed by atoms with van der Waals surface area (Å²) in [5.41, 5.74) is 1.43. The van der Waals surface area contributed by atoms with Crippen molar-refractivity contribution in [1.82, 2.24) is 14.9 Å². The highest BCUT2D eigenvalue weighted by molar-refractivity contribution is 7.03. The highest BCUT2D eigenvalue weighted by Crippen LogP contribution is 2.28. The summed E-state index contributed by atoms with van der Waals surface area (Å²) in [7, 11) is 0. The van der Waals surface area contributed by atoms with Gasteiger partial charge >= 0.3 is 0 Å². The van der Waals surface area contributed by atoms with Crippen LogP contribution in [0, 0.1) is 0 Å². The van der Waals surface area contributed by atoms with Crippen molar-refractivity contribution in [3.05, 3.63) is 34.8 Å². The number of carbonyl (C=O) groups excluding carboxylic acids is 1. The van der Waals surface area contributed by atoms with Crippen LogP contribution in [0.3, 0.4) is 0 Å². The molecule has 1 amide bonds. The average molecular weight is 321 g/mol. The molecule has 0 saturated carbocycles. The fourth-order valence-corrected chi connectivity index (χ4v) is 2.36. The molecule has 0 saturated heterocycles. The van der Waals surface area contributed by atoms with Crippen molar-refractivity contribution in [3.63, 3.8) is 0 Å². The van der Waals surface area contributed by atoms with Gasteiger partial charge in [0.15, 0.2) is 17.2 Å². The number of aromatic nitrogens is 2. The van der Waals surface area contributed by atoms with Crippen LogP contribution in [0.2, 0.25) is 0 Å². The molecule has 7 heteroatoms. The van der Waals surface area contributed by atoms with E-state index in [1.54, 1.807) is 5.38 Å². The van der Waals surface area contributed by atoms with Crippen molar-refractivity contribution in [2.24, 2.45) is 0 Å². The van der Waals surface area contributed by atoms with E-state index in [0.717, 1.165) is 28.6 Å². The van der Waals surface area contributed by atoms with Crippen LogP contribution in [-0.4, -0.2) is 35.3 Å². The van der Waals surface area contributed by atoms with Crippen LogP contribution in [0.1, 0.15) is 29.9 Å². The second-order valence-corrected chi connectivity index (χ2v) is 5.05. The molecular formula is C15H19N3O3S. The Morgan fingerprint density at radius 1 is 1.23 bits per heavy atom. The van der Waals surface area contributed by atoms with Crippen molar-refractivity contribution >= 4 is 17.4 Å². The fraction of sp³-hybridized carbons (Fsp3) is 0.400. The third kappa shape index (κ3) is 4.42. The smallest absolute Gasteiger partial charge is 0.272 e. The van der Waals surface area contributed by atoms with Crippen molar-refractivity contribution in [2.45, 2.75) is 20.3 Å². The molecule has 0 spiro atoms. The van der Waals surface area contributed by atoms with Crippen LogP contribution in [0.15, 0.2) is 23.6 Å². The van der Waals surface area contributed by atoms with E-state index in [0.29, 0.717) is 31.9 Å². The van der Waals surface area contributed by atoms with Gasteiger partial charge in [-0.05, 0) is 49.5 Å². The number of rotatable bonds is 8. The maximum absolute atomic E-state index is 11.8. The summed E-state index contributed by atoms with van der Waals surface area (Å²) in [6, 6.07) is 5.82. The first-order valence-corrected chi connectivity index (χ1v) is 8.02. The predicted molar refractivity (Wildman–Crippen MR) is 84.7 cm³/mol. The molecule has 22 heavy (non-hydrogen) atoms. The first-order chi connectivity index (χ1) is 10.7. The molecule has 1 N–H and O–H groups in total. The van der Waals surface area contributed by atoms with E-state index in [4.69, 9.17) is 9.47 Å². The summed E-state index contributed by atoms with van der Waals surface area (Å²) >= 11 is 1.16. The van der Waals surface area contributed by atoms with E-state index in [9.17, 15) is 4.79 Å². The standard InChI is InChI=1S/C15H19N3O3S/c1-3-20-13-6-5-11(9-14(13)21-4-2)7-8-16-15(19)12-10-22-18-17-12/h5-6,9-10H,3-4,7-8H2,1-2H3,(H,16,19). The lowest BCUT2D eigenvalue weighted by Gasteiger charge is -2.12. The number of benzene rings is 1. The summed E-state index contributed by atoms with van der Waals surface area (Å²) in [5.74, 6) is 1.27. The second kappa shape index (κ2) is 8.33. The molecule has 1 heterocycles. The first kappa shape index (κ1) is 16.2. The molecule has 0 fully saturated rings. The summed E-state index contributed by atoms with van der Waals surface area (Å²) in [6.07, 6.45) is 0.704. The fourth-order valence-electron chi connectivity index (χ4n) is 1.93. The van der Waals surface area contributed by atoms with Crippen LogP contribution in [0.5, 0.6) is 11.5 Å². The van der Waals surface area contributed by atoms with E-state index < -0.39 is 0 Å². The zero-order valence-corrected chi connectivity index (χ0v) is 13.5. The molecule has 0 radical (unpaired) electrons. The molecule has 2 rings (SSSR count). The lowest BCUT2D eigenvalue weighted by molar-refractivity contribution is 0.0949. The maximum atomic E-state index is 11.8. The number of ether oxygens (including phenoxy) is 2. The average Bonchev–Trinajstić information content (AvgIpc) is 3.04. The Bertz CT molecular complexity index is 602. The molecule has 0 bridgehead atoms. The third-order valence-corrected chi connectivity index (χ3v) is 3.40. The van der Waals surface area contributed by atoms with Gasteiger partial charge in [0.1, 0.15) is 0 Å². The quantitative estimate of drug-likeness (QED) is 0.807. The Hall–Kier alpha value is -2.15. The largest absolute Gasteiger partial charge is 0.490 e. The molecule has 118 valence electrons. The number of nitrogens with zero attached hydrogens (tertiary/aromatic N) is 2. The van der Waals surface area contributed by atoms with E-state index in [2.05, 4.69) is 14.9 Å². The minimum absolute atomic E-state index is 0.204. The second-order valence-electron chi connectivity index (χ2n) is 4.44. The zero-order valence-electron chi connectivity index (χ0n) is 12.7. The van der Waals surface area contributed by atoms with Crippen molar-refractivity contribution in [3.8, 4) is 11.5 Å². The first-order valence-electron chi connectivity index (χ1n) is 7.18. The number of amides is 1. The molecule has 6 nitrogen and oxygen atoms in total. The summed E-state index contributed by atoms with van der Waals surface area (Å²) in [4.78, 5) is 11.8. The Labute approximate surface area is 133 Å². The van der Waals surface area contributed by atoms with E-state index in [1.165, 1.54) is 0 Å². The normalized spacial score (nSPS) is 10.3. The van der Waals surface area contributed by atoms with Crippen molar-refractivity contribution in [1.29, 1.82) is 0 Å². The third-order valence-electron chi connectivity index (χ3n) is 2.90.